The lowest BCUT2D eigenvalue weighted by molar-refractivity contribution is 0.276. The molecule has 1 saturated heterocycles. The van der Waals surface area contributed by atoms with E-state index in [0.717, 1.165) is 25.7 Å². The van der Waals surface area contributed by atoms with Gasteiger partial charge in [-0.2, -0.15) is 17.4 Å². The molecule has 16 heavy (non-hydrogen) atoms. The molecule has 5 heteroatoms. The average Bonchev–Trinajstić information content (AvgIpc) is 2.26. The Kier molecular flexibility index (Phi) is 5.21. The molecule has 96 valence electrons. The van der Waals surface area contributed by atoms with E-state index in [0.29, 0.717) is 19.0 Å². The van der Waals surface area contributed by atoms with Crippen LogP contribution in [0.25, 0.3) is 0 Å². The van der Waals surface area contributed by atoms with Crippen molar-refractivity contribution in [1.82, 2.24) is 9.03 Å². The second-order valence-electron chi connectivity index (χ2n) is 4.74. The summed E-state index contributed by atoms with van der Waals surface area (Å²) in [6.07, 6.45) is 3.81. The van der Waals surface area contributed by atoms with Crippen LogP contribution in [-0.2, 0) is 10.2 Å². The molecule has 0 aromatic carbocycles. The van der Waals surface area contributed by atoms with Crippen molar-refractivity contribution >= 4 is 10.2 Å². The molecule has 1 aliphatic rings. The first-order valence-electron chi connectivity index (χ1n) is 6.27. The molecule has 1 unspecified atom stereocenters. The van der Waals surface area contributed by atoms with Gasteiger partial charge in [-0.15, -0.1) is 0 Å². The molecule has 1 atom stereocenters. The second-order valence-corrected chi connectivity index (χ2v) is 6.44. The van der Waals surface area contributed by atoms with Crippen LogP contribution in [0.1, 0.15) is 46.5 Å². The van der Waals surface area contributed by atoms with Crippen molar-refractivity contribution in [2.75, 3.05) is 13.1 Å². The lowest BCUT2D eigenvalue weighted by atomic mass is 10.0. The second kappa shape index (κ2) is 5.98. The van der Waals surface area contributed by atoms with Gasteiger partial charge in [0.05, 0.1) is 0 Å². The fourth-order valence-electron chi connectivity index (χ4n) is 2.11. The monoisotopic (exact) mass is 248 g/mol. The highest BCUT2D eigenvalue weighted by atomic mass is 32.2. The van der Waals surface area contributed by atoms with E-state index in [9.17, 15) is 8.42 Å². The topological polar surface area (TPSA) is 49.4 Å². The number of hydrogen-bond donors (Lipinski definition) is 1. The minimum Gasteiger partial charge on any atom is -0.199 e. The van der Waals surface area contributed by atoms with Crippen LogP contribution in [0, 0.1) is 5.92 Å². The van der Waals surface area contributed by atoms with Gasteiger partial charge in [0.15, 0.2) is 0 Å². The fourth-order valence-corrected chi connectivity index (χ4v) is 3.83. The van der Waals surface area contributed by atoms with Gasteiger partial charge in [0, 0.05) is 19.1 Å². The van der Waals surface area contributed by atoms with Crippen molar-refractivity contribution < 1.29 is 8.42 Å². The third kappa shape index (κ3) is 3.71. The van der Waals surface area contributed by atoms with Crippen molar-refractivity contribution in [2.24, 2.45) is 5.92 Å². The van der Waals surface area contributed by atoms with Gasteiger partial charge < -0.3 is 0 Å². The van der Waals surface area contributed by atoms with E-state index in [-0.39, 0.29) is 6.04 Å². The molecule has 0 spiro atoms. The molecule has 0 saturated carbocycles. The van der Waals surface area contributed by atoms with Gasteiger partial charge in [0.2, 0.25) is 0 Å². The van der Waals surface area contributed by atoms with Crippen molar-refractivity contribution in [3.63, 3.8) is 0 Å². The van der Waals surface area contributed by atoms with Gasteiger partial charge >= 0.3 is 0 Å². The smallest absolute Gasteiger partial charge is 0.199 e. The van der Waals surface area contributed by atoms with E-state index in [1.165, 1.54) is 0 Å². The fraction of sp³-hybridized carbons (Fsp3) is 1.00. The summed E-state index contributed by atoms with van der Waals surface area (Å²) in [6.45, 7) is 7.46. The molecule has 1 rings (SSSR count). The number of nitrogens with one attached hydrogen (secondary N) is 1. The zero-order valence-electron chi connectivity index (χ0n) is 10.6. The Labute approximate surface area is 99.6 Å². The van der Waals surface area contributed by atoms with Crippen molar-refractivity contribution in [2.45, 2.75) is 52.5 Å². The van der Waals surface area contributed by atoms with Gasteiger partial charge in [-0.25, -0.2) is 0 Å². The first-order chi connectivity index (χ1) is 7.49. The molecular weight excluding hydrogens is 224 g/mol. The lowest BCUT2D eigenvalue weighted by Gasteiger charge is -2.31. The van der Waals surface area contributed by atoms with Gasteiger partial charge in [0.25, 0.3) is 10.2 Å². The number of hydrogen-bond acceptors (Lipinski definition) is 2. The third-order valence-electron chi connectivity index (χ3n) is 3.26. The minimum absolute atomic E-state index is 0.0715. The summed E-state index contributed by atoms with van der Waals surface area (Å²) < 4.78 is 28.5. The van der Waals surface area contributed by atoms with Crippen molar-refractivity contribution in [3.05, 3.63) is 0 Å². The largest absolute Gasteiger partial charge is 0.279 e. The highest BCUT2D eigenvalue weighted by Gasteiger charge is 2.28. The van der Waals surface area contributed by atoms with E-state index < -0.39 is 10.2 Å². The predicted molar refractivity (Wildman–Crippen MR) is 66.4 cm³/mol. The molecule has 0 aromatic heterocycles. The van der Waals surface area contributed by atoms with E-state index in [1.54, 1.807) is 4.31 Å². The number of rotatable bonds is 5. The molecule has 0 bridgehead atoms. The zero-order chi connectivity index (χ0) is 12.2. The highest BCUT2D eigenvalue weighted by Crippen LogP contribution is 2.18. The van der Waals surface area contributed by atoms with Crippen LogP contribution in [0.3, 0.4) is 0 Å². The first kappa shape index (κ1) is 13.9. The summed E-state index contributed by atoms with van der Waals surface area (Å²) in [5.74, 6) is 0.479. The molecule has 1 aliphatic heterocycles. The van der Waals surface area contributed by atoms with Crippen LogP contribution in [0.4, 0.5) is 0 Å². The zero-order valence-corrected chi connectivity index (χ0v) is 11.4. The van der Waals surface area contributed by atoms with Gasteiger partial charge in [0.1, 0.15) is 0 Å². The maximum absolute atomic E-state index is 12.1. The van der Waals surface area contributed by atoms with E-state index in [2.05, 4.69) is 11.6 Å². The minimum atomic E-state index is -3.26. The van der Waals surface area contributed by atoms with Crippen LogP contribution in [0.15, 0.2) is 0 Å². The van der Waals surface area contributed by atoms with Crippen molar-refractivity contribution in [1.29, 1.82) is 0 Å². The summed E-state index contributed by atoms with van der Waals surface area (Å²) in [6, 6.07) is 0.0715. The Bertz CT molecular complexity index is 299. The summed E-state index contributed by atoms with van der Waals surface area (Å²) in [5.41, 5.74) is 0. The summed E-state index contributed by atoms with van der Waals surface area (Å²) in [4.78, 5) is 0. The predicted octanol–water partition coefficient (Wildman–Crippen LogP) is 1.74. The van der Waals surface area contributed by atoms with E-state index >= 15 is 0 Å². The SMILES string of the molecule is CCC(CC)NS(=O)(=O)N1CCCC(C)C1. The molecule has 0 aromatic rings. The number of nitrogens with zero attached hydrogens (tertiary/aromatic N) is 1. The molecule has 0 radical (unpaired) electrons. The van der Waals surface area contributed by atoms with Crippen LogP contribution < -0.4 is 4.72 Å². The molecular formula is C11H24N2O2S. The molecule has 1 N–H and O–H groups in total. The Hall–Kier alpha value is -0.130. The van der Waals surface area contributed by atoms with Gasteiger partial charge in [-0.05, 0) is 31.6 Å². The Balaban J connectivity index is 2.62. The van der Waals surface area contributed by atoms with Gasteiger partial charge in [-0.1, -0.05) is 20.8 Å². The first-order valence-corrected chi connectivity index (χ1v) is 7.71. The van der Waals surface area contributed by atoms with Gasteiger partial charge in [-0.3, -0.25) is 0 Å². The maximum Gasteiger partial charge on any atom is 0.279 e. The standard InChI is InChI=1S/C11H24N2O2S/c1-4-11(5-2)12-16(14,15)13-8-6-7-10(3)9-13/h10-12H,4-9H2,1-3H3. The Morgan fingerprint density at radius 3 is 2.50 bits per heavy atom. The molecule has 1 heterocycles. The summed E-state index contributed by atoms with van der Waals surface area (Å²) >= 11 is 0. The van der Waals surface area contributed by atoms with Crippen LogP contribution >= 0.6 is 0 Å². The van der Waals surface area contributed by atoms with Crippen LogP contribution in [0.5, 0.6) is 0 Å². The maximum atomic E-state index is 12.1. The van der Waals surface area contributed by atoms with E-state index in [1.807, 2.05) is 13.8 Å². The summed E-state index contributed by atoms with van der Waals surface area (Å²) in [7, 11) is -3.26. The van der Waals surface area contributed by atoms with Crippen LogP contribution in [-0.4, -0.2) is 31.9 Å². The summed E-state index contributed by atoms with van der Waals surface area (Å²) in [5, 5.41) is 0. The molecule has 0 aliphatic carbocycles. The Morgan fingerprint density at radius 2 is 2.00 bits per heavy atom. The molecule has 1 fully saturated rings. The average molecular weight is 248 g/mol. The highest BCUT2D eigenvalue weighted by molar-refractivity contribution is 7.87. The third-order valence-corrected chi connectivity index (χ3v) is 4.90. The molecule has 0 amide bonds. The number of piperidine rings is 1. The van der Waals surface area contributed by atoms with Crippen molar-refractivity contribution in [3.8, 4) is 0 Å². The van der Waals surface area contributed by atoms with Crippen LogP contribution in [0.2, 0.25) is 0 Å². The Morgan fingerprint density at radius 1 is 1.38 bits per heavy atom. The van der Waals surface area contributed by atoms with E-state index in [4.69, 9.17) is 0 Å². The molecule has 4 nitrogen and oxygen atoms in total. The quantitative estimate of drug-likeness (QED) is 0.805. The normalized spacial score (nSPS) is 23.9. The lowest BCUT2D eigenvalue weighted by Crippen LogP contribution is -2.48.